The summed E-state index contributed by atoms with van der Waals surface area (Å²) in [6.07, 6.45) is 11.7. The lowest BCUT2D eigenvalue weighted by molar-refractivity contribution is 0.314. The summed E-state index contributed by atoms with van der Waals surface area (Å²) in [6, 6.07) is 12.8. The van der Waals surface area contributed by atoms with Gasteiger partial charge in [0.1, 0.15) is 11.6 Å². The highest BCUT2D eigenvalue weighted by Crippen LogP contribution is 2.29. The molecule has 3 aromatic rings. The molecule has 4 rings (SSSR count). The molecule has 222 valence electrons. The third kappa shape index (κ3) is 11.9. The van der Waals surface area contributed by atoms with Crippen LogP contribution in [0.5, 0.6) is 5.75 Å². The summed E-state index contributed by atoms with van der Waals surface area (Å²) in [4.78, 5) is 11.9. The van der Waals surface area contributed by atoms with E-state index in [4.69, 9.17) is 16.3 Å². The second-order valence-electron chi connectivity index (χ2n) is 9.97. The number of aliphatic imine (C=N–C) groups is 1. The van der Waals surface area contributed by atoms with Crippen LogP contribution < -0.4 is 4.74 Å². The Bertz CT molecular complexity index is 1350. The van der Waals surface area contributed by atoms with Gasteiger partial charge in [-0.1, -0.05) is 96.3 Å². The fraction of sp³-hybridized carbons (Fsp3) is 0.389. The van der Waals surface area contributed by atoms with E-state index in [-0.39, 0.29) is 0 Å². The topological polar surface area (TPSA) is 50.3 Å². The summed E-state index contributed by atoms with van der Waals surface area (Å²) in [7, 11) is 0. The minimum atomic E-state index is 0.700. The zero-order valence-corrected chi connectivity index (χ0v) is 27.5. The zero-order valence-electron chi connectivity index (χ0n) is 26.7. The van der Waals surface area contributed by atoms with E-state index >= 15 is 0 Å². The Balaban J connectivity index is 0.000000376. The van der Waals surface area contributed by atoms with E-state index in [1.807, 2.05) is 39.0 Å². The molecule has 0 saturated carbocycles. The Kier molecular flexibility index (Phi) is 17.1. The maximum Gasteiger partial charge on any atom is 0.122 e. The van der Waals surface area contributed by atoms with Crippen molar-refractivity contribution in [3.8, 4) is 16.9 Å². The zero-order chi connectivity index (χ0) is 30.8. The van der Waals surface area contributed by atoms with Gasteiger partial charge in [-0.15, -0.1) is 0 Å². The van der Waals surface area contributed by atoms with E-state index in [2.05, 4.69) is 99.5 Å². The molecule has 0 amide bonds. The molecule has 2 aromatic carbocycles. The van der Waals surface area contributed by atoms with Gasteiger partial charge in [0.2, 0.25) is 0 Å². The maximum absolute atomic E-state index is 5.85. The number of imidazole rings is 1. The normalized spacial score (nSPS) is 12.8. The third-order valence-corrected chi connectivity index (χ3v) is 5.80. The highest BCUT2D eigenvalue weighted by atomic mass is 35.5. The van der Waals surface area contributed by atoms with Gasteiger partial charge in [0.15, 0.2) is 0 Å². The quantitative estimate of drug-likeness (QED) is 0.317. The number of benzene rings is 2. The average Bonchev–Trinajstić information content (AvgIpc) is 3.32. The van der Waals surface area contributed by atoms with Gasteiger partial charge in [-0.05, 0) is 92.3 Å². The van der Waals surface area contributed by atoms with Crippen LogP contribution in [0.25, 0.3) is 22.2 Å². The van der Waals surface area contributed by atoms with Gasteiger partial charge < -0.3 is 9.72 Å². The molecule has 0 fully saturated rings. The molecule has 1 aromatic heterocycles. The van der Waals surface area contributed by atoms with Crippen LogP contribution >= 0.6 is 11.6 Å². The minimum Gasteiger partial charge on any atom is -0.493 e. The average molecular weight is 576 g/mol. The molecule has 0 aliphatic heterocycles. The Morgan fingerprint density at radius 2 is 1.61 bits per heavy atom. The second-order valence-corrected chi connectivity index (χ2v) is 10.4. The number of nitrogens with zero attached hydrogens (tertiary/aromatic N) is 2. The van der Waals surface area contributed by atoms with Gasteiger partial charge in [0.05, 0.1) is 23.4 Å². The van der Waals surface area contributed by atoms with Crippen LogP contribution in [-0.2, 0) is 6.42 Å². The summed E-state index contributed by atoms with van der Waals surface area (Å²) in [5.41, 5.74) is 8.98. The van der Waals surface area contributed by atoms with E-state index in [0.29, 0.717) is 5.03 Å². The number of aryl methyl sites for hydroxylation is 2. The molecule has 41 heavy (non-hydrogen) atoms. The van der Waals surface area contributed by atoms with Crippen molar-refractivity contribution < 1.29 is 4.74 Å². The Hall–Kier alpha value is -3.37. The van der Waals surface area contributed by atoms with Crippen LogP contribution in [0, 0.1) is 6.92 Å². The van der Waals surface area contributed by atoms with Crippen LogP contribution in [0.15, 0.2) is 88.6 Å². The molecule has 0 spiro atoms. The van der Waals surface area contributed by atoms with Crippen LogP contribution in [-0.4, -0.2) is 22.3 Å². The number of halogens is 1. The number of nitrogens with one attached hydrogen (secondary N) is 1. The van der Waals surface area contributed by atoms with Gasteiger partial charge >= 0.3 is 0 Å². The van der Waals surface area contributed by atoms with Gasteiger partial charge in [-0.3, -0.25) is 4.99 Å². The van der Waals surface area contributed by atoms with Crippen molar-refractivity contribution in [2.75, 3.05) is 6.61 Å². The number of aromatic amines is 1. The second kappa shape index (κ2) is 19.7. The molecule has 1 aliphatic rings. The van der Waals surface area contributed by atoms with Crippen LogP contribution in [0.2, 0.25) is 0 Å². The fourth-order valence-corrected chi connectivity index (χ4v) is 4.00. The van der Waals surface area contributed by atoms with E-state index in [9.17, 15) is 0 Å². The fourth-order valence-electron chi connectivity index (χ4n) is 3.84. The monoisotopic (exact) mass is 575 g/mol. The first kappa shape index (κ1) is 35.7. The molecule has 5 heteroatoms. The molecule has 1 heterocycles. The number of ether oxygens (including phenoxy) is 1. The van der Waals surface area contributed by atoms with Crippen LogP contribution in [0.1, 0.15) is 86.0 Å². The predicted octanol–water partition coefficient (Wildman–Crippen LogP) is 11.3. The molecule has 0 bridgehead atoms. The standard InChI is InChI=1S/C19H22N2O.C11H12ClN.2C3H8/c1-4-10-22-19-9-7-15(11-14(19)5-2)16-6-8-17-18(12-16)21-13(3)20-17;1-4-13-11-7-9(12)5-6-10(11)8(2)3;2*1-3-2/h6-9,11-12H,4-5,10H2,1-3H3,(H,20,21);4-7H,1H2,2-3H3;2*3H2,1-2H3. The number of aromatic nitrogens is 2. The van der Waals surface area contributed by atoms with Crippen molar-refractivity contribution >= 4 is 28.3 Å². The number of allylic oxidation sites excluding steroid dienone is 6. The smallest absolute Gasteiger partial charge is 0.122 e. The minimum absolute atomic E-state index is 0.700. The largest absolute Gasteiger partial charge is 0.493 e. The lowest BCUT2D eigenvalue weighted by atomic mass is 10.0. The first-order valence-electron chi connectivity index (χ1n) is 14.8. The van der Waals surface area contributed by atoms with Gasteiger partial charge in [0.25, 0.3) is 0 Å². The molecule has 4 nitrogen and oxygen atoms in total. The lowest BCUT2D eigenvalue weighted by Crippen LogP contribution is -2.02. The Morgan fingerprint density at radius 3 is 2.20 bits per heavy atom. The summed E-state index contributed by atoms with van der Waals surface area (Å²) < 4.78 is 5.83. The summed E-state index contributed by atoms with van der Waals surface area (Å²) in [6.45, 7) is 23.2. The summed E-state index contributed by atoms with van der Waals surface area (Å²) >= 11 is 5.85. The molecule has 0 atom stereocenters. The predicted molar refractivity (Wildman–Crippen MR) is 182 cm³/mol. The van der Waals surface area contributed by atoms with Crippen molar-refractivity contribution in [3.05, 3.63) is 95.0 Å². The van der Waals surface area contributed by atoms with Gasteiger partial charge in [-0.25, -0.2) is 4.98 Å². The molecule has 0 unspecified atom stereocenters. The number of H-pyrrole nitrogens is 1. The Morgan fingerprint density at radius 1 is 0.976 bits per heavy atom. The van der Waals surface area contributed by atoms with Gasteiger partial charge in [-0.2, -0.15) is 0 Å². The highest BCUT2D eigenvalue weighted by Gasteiger charge is 2.09. The lowest BCUT2D eigenvalue weighted by Gasteiger charge is -2.12. The molecule has 0 radical (unpaired) electrons. The Labute approximate surface area is 254 Å². The molecule has 1 N–H and O–H groups in total. The molecular weight excluding hydrogens is 526 g/mol. The number of hydrogen-bond acceptors (Lipinski definition) is 3. The van der Waals surface area contributed by atoms with E-state index in [0.717, 1.165) is 53.3 Å². The van der Waals surface area contributed by atoms with Crippen molar-refractivity contribution in [3.63, 3.8) is 0 Å². The van der Waals surface area contributed by atoms with Gasteiger partial charge in [0, 0.05) is 11.2 Å². The number of fused-ring (bicyclic) bond motifs is 1. The third-order valence-electron chi connectivity index (χ3n) is 5.57. The summed E-state index contributed by atoms with van der Waals surface area (Å²) in [5.74, 6) is 1.95. The van der Waals surface area contributed by atoms with E-state index in [1.54, 1.807) is 0 Å². The first-order valence-corrected chi connectivity index (χ1v) is 15.2. The SMILES string of the molecule is C=CN=C1C=C(Cl)C=CC1=C(C)C.CCC.CCC.CCCOc1ccc(-c2ccc3nc(C)[nH]c3c2)cc1CC. The number of rotatable bonds is 6. The molecule has 0 saturated heterocycles. The van der Waals surface area contributed by atoms with Crippen molar-refractivity contribution in [1.82, 2.24) is 9.97 Å². The van der Waals surface area contributed by atoms with Crippen LogP contribution in [0.4, 0.5) is 0 Å². The molecule has 1 aliphatic carbocycles. The van der Waals surface area contributed by atoms with E-state index < -0.39 is 0 Å². The van der Waals surface area contributed by atoms with Crippen molar-refractivity contribution in [2.24, 2.45) is 4.99 Å². The van der Waals surface area contributed by atoms with E-state index in [1.165, 1.54) is 41.3 Å². The highest BCUT2D eigenvalue weighted by molar-refractivity contribution is 6.34. The maximum atomic E-state index is 5.85. The van der Waals surface area contributed by atoms with Crippen molar-refractivity contribution in [2.45, 2.75) is 88.0 Å². The molecular formula is C36H50ClN3O. The first-order chi connectivity index (χ1) is 19.7. The summed E-state index contributed by atoms with van der Waals surface area (Å²) in [5, 5.41) is 0.700. The number of hydrogen-bond donors (Lipinski definition) is 1. The van der Waals surface area contributed by atoms with Crippen LogP contribution in [0.3, 0.4) is 0 Å². The van der Waals surface area contributed by atoms with Crippen molar-refractivity contribution in [1.29, 1.82) is 0 Å².